The zero-order chi connectivity index (χ0) is 18.6. The van der Waals surface area contributed by atoms with Gasteiger partial charge < -0.3 is 15.0 Å². The number of hydrogen-bond acceptors (Lipinski definition) is 4. The molecule has 0 saturated carbocycles. The highest BCUT2D eigenvalue weighted by atomic mass is 35.5. The summed E-state index contributed by atoms with van der Waals surface area (Å²) in [4.78, 5) is 2.58. The Morgan fingerprint density at radius 2 is 2.00 bits per heavy atom. The summed E-state index contributed by atoms with van der Waals surface area (Å²) in [6, 6.07) is 5.71. The number of piperidine rings is 1. The zero-order valence-corrected chi connectivity index (χ0v) is 16.9. The molecule has 0 radical (unpaired) electrons. The van der Waals surface area contributed by atoms with Crippen molar-refractivity contribution < 1.29 is 4.74 Å². The number of anilines is 1. The molecule has 1 aromatic carbocycles. The Kier molecular flexibility index (Phi) is 5.89. The molecule has 5 nitrogen and oxygen atoms in total. The molecule has 0 spiro atoms. The van der Waals surface area contributed by atoms with Gasteiger partial charge in [0, 0.05) is 30.1 Å². The van der Waals surface area contributed by atoms with Crippen LogP contribution in [-0.4, -0.2) is 48.0 Å². The average molecular weight is 389 g/mol. The van der Waals surface area contributed by atoms with Crippen molar-refractivity contribution in [3.8, 4) is 11.4 Å². The summed E-state index contributed by atoms with van der Waals surface area (Å²) in [6.07, 6.45) is 8.50. The van der Waals surface area contributed by atoms with Crippen molar-refractivity contribution in [1.82, 2.24) is 14.7 Å². The lowest BCUT2D eigenvalue weighted by Crippen LogP contribution is -2.31. The summed E-state index contributed by atoms with van der Waals surface area (Å²) in [5.74, 6) is 1.90. The maximum atomic E-state index is 6.28. The number of ether oxygens (including phenoxy) is 1. The first kappa shape index (κ1) is 18.6. The van der Waals surface area contributed by atoms with Gasteiger partial charge in [-0.05, 0) is 63.4 Å². The van der Waals surface area contributed by atoms with Gasteiger partial charge in [-0.3, -0.25) is 0 Å². The predicted octanol–water partition coefficient (Wildman–Crippen LogP) is 4.31. The van der Waals surface area contributed by atoms with Crippen molar-refractivity contribution in [3.05, 3.63) is 34.5 Å². The number of fused-ring (bicyclic) bond motifs is 1. The molecule has 0 aliphatic carbocycles. The normalized spacial score (nSPS) is 17.9. The van der Waals surface area contributed by atoms with Crippen LogP contribution in [0.15, 0.2) is 18.2 Å². The Labute approximate surface area is 166 Å². The van der Waals surface area contributed by atoms with E-state index >= 15 is 0 Å². The fourth-order valence-corrected chi connectivity index (χ4v) is 4.39. The van der Waals surface area contributed by atoms with Crippen LogP contribution in [0, 0.1) is 0 Å². The van der Waals surface area contributed by atoms with Crippen molar-refractivity contribution >= 4 is 17.4 Å². The number of halogens is 1. The number of methoxy groups -OCH3 is 1. The first-order valence-corrected chi connectivity index (χ1v) is 10.5. The highest BCUT2D eigenvalue weighted by Gasteiger charge is 2.23. The van der Waals surface area contributed by atoms with Gasteiger partial charge in [-0.1, -0.05) is 18.0 Å². The predicted molar refractivity (Wildman–Crippen MR) is 111 cm³/mol. The quantitative estimate of drug-likeness (QED) is 0.828. The van der Waals surface area contributed by atoms with E-state index in [0.29, 0.717) is 5.02 Å². The number of aromatic nitrogens is 2. The molecule has 3 heterocycles. The molecule has 1 fully saturated rings. The van der Waals surface area contributed by atoms with E-state index < -0.39 is 0 Å². The largest absolute Gasteiger partial charge is 0.494 e. The lowest BCUT2D eigenvalue weighted by atomic mass is 10.1. The maximum absolute atomic E-state index is 6.28. The molecule has 2 aliphatic rings. The van der Waals surface area contributed by atoms with Crippen molar-refractivity contribution in [2.24, 2.45) is 0 Å². The van der Waals surface area contributed by atoms with Gasteiger partial charge in [-0.2, -0.15) is 5.10 Å². The summed E-state index contributed by atoms with van der Waals surface area (Å²) in [5.41, 5.74) is 3.48. The number of rotatable bonds is 5. The summed E-state index contributed by atoms with van der Waals surface area (Å²) in [5, 5.41) is 9.33. The minimum Gasteiger partial charge on any atom is -0.494 e. The van der Waals surface area contributed by atoms with E-state index in [0.717, 1.165) is 43.2 Å². The first-order chi connectivity index (χ1) is 13.3. The van der Waals surface area contributed by atoms with E-state index in [-0.39, 0.29) is 0 Å². The number of hydrogen-bond donors (Lipinski definition) is 1. The Morgan fingerprint density at radius 3 is 2.81 bits per heavy atom. The number of likely N-dealkylation sites (tertiary alicyclic amines) is 1. The topological polar surface area (TPSA) is 42.3 Å². The van der Waals surface area contributed by atoms with Gasteiger partial charge in [0.2, 0.25) is 0 Å². The molecule has 146 valence electrons. The molecule has 0 bridgehead atoms. The molecular formula is C21H29ClN4O. The van der Waals surface area contributed by atoms with E-state index in [2.05, 4.69) is 10.2 Å². The zero-order valence-electron chi connectivity index (χ0n) is 16.1. The average Bonchev–Trinajstić information content (AvgIpc) is 2.87. The monoisotopic (exact) mass is 388 g/mol. The Bertz CT molecular complexity index is 783. The van der Waals surface area contributed by atoms with Crippen molar-refractivity contribution in [2.45, 2.75) is 44.9 Å². The molecule has 27 heavy (non-hydrogen) atoms. The second-order valence-electron chi connectivity index (χ2n) is 7.54. The number of nitrogens with one attached hydrogen (secondary N) is 1. The van der Waals surface area contributed by atoms with Crippen LogP contribution in [0.25, 0.3) is 5.69 Å². The van der Waals surface area contributed by atoms with Gasteiger partial charge in [0.25, 0.3) is 0 Å². The fourth-order valence-electron chi connectivity index (χ4n) is 4.22. The molecule has 1 saturated heterocycles. The van der Waals surface area contributed by atoms with E-state index in [4.69, 9.17) is 21.4 Å². The molecule has 1 N–H and O–H groups in total. The lowest BCUT2D eigenvalue weighted by molar-refractivity contribution is 0.230. The molecule has 2 aromatic rings. The van der Waals surface area contributed by atoms with E-state index in [9.17, 15) is 0 Å². The first-order valence-electron chi connectivity index (χ1n) is 10.2. The van der Waals surface area contributed by atoms with Crippen LogP contribution in [-0.2, 0) is 12.8 Å². The van der Waals surface area contributed by atoms with Crippen molar-refractivity contribution in [2.75, 3.05) is 38.6 Å². The second kappa shape index (κ2) is 8.53. The molecule has 0 atom stereocenters. The molecule has 0 unspecified atom stereocenters. The summed E-state index contributed by atoms with van der Waals surface area (Å²) in [6.45, 7) is 4.52. The Balaban J connectivity index is 1.67. The Hall–Kier alpha value is -1.72. The highest BCUT2D eigenvalue weighted by molar-refractivity contribution is 6.30. The molecule has 2 aliphatic heterocycles. The van der Waals surface area contributed by atoms with Crippen LogP contribution in [0.4, 0.5) is 5.82 Å². The summed E-state index contributed by atoms with van der Waals surface area (Å²) in [7, 11) is 1.69. The number of benzene rings is 1. The third-order valence-corrected chi connectivity index (χ3v) is 5.93. The van der Waals surface area contributed by atoms with E-state index in [1.165, 1.54) is 56.5 Å². The highest BCUT2D eigenvalue weighted by Crippen LogP contribution is 2.33. The van der Waals surface area contributed by atoms with Gasteiger partial charge >= 0.3 is 0 Å². The van der Waals surface area contributed by atoms with Crippen molar-refractivity contribution in [3.63, 3.8) is 0 Å². The smallest absolute Gasteiger partial charge is 0.144 e. The van der Waals surface area contributed by atoms with Crippen molar-refractivity contribution in [1.29, 1.82) is 0 Å². The van der Waals surface area contributed by atoms with Crippen LogP contribution in [0.3, 0.4) is 0 Å². The molecule has 0 amide bonds. The van der Waals surface area contributed by atoms with E-state index in [1.54, 1.807) is 7.11 Å². The van der Waals surface area contributed by atoms with Crippen LogP contribution in [0.2, 0.25) is 5.02 Å². The minimum atomic E-state index is 0.693. The van der Waals surface area contributed by atoms with Crippen LogP contribution in [0.5, 0.6) is 5.75 Å². The third-order valence-electron chi connectivity index (χ3n) is 5.70. The van der Waals surface area contributed by atoms with Crippen LogP contribution < -0.4 is 10.1 Å². The molecular weight excluding hydrogens is 360 g/mol. The lowest BCUT2D eigenvalue weighted by Gasteiger charge is -2.26. The molecule has 1 aromatic heterocycles. The van der Waals surface area contributed by atoms with Gasteiger partial charge in [-0.25, -0.2) is 4.68 Å². The third kappa shape index (κ3) is 4.09. The van der Waals surface area contributed by atoms with Gasteiger partial charge in [0.1, 0.15) is 17.3 Å². The van der Waals surface area contributed by atoms with Gasteiger partial charge in [0.05, 0.1) is 12.8 Å². The fraction of sp³-hybridized carbons (Fsp3) is 0.571. The number of nitrogens with zero attached hydrogens (tertiary/aromatic N) is 3. The van der Waals surface area contributed by atoms with Crippen LogP contribution in [0.1, 0.15) is 43.4 Å². The summed E-state index contributed by atoms with van der Waals surface area (Å²) < 4.78 is 7.60. The minimum absolute atomic E-state index is 0.693. The standard InChI is InChI=1S/C21H29ClN4O/c1-27-20-9-8-16(22)15-19(20)26-21-17(7-3-4-11-23-21)18(24-26)10-14-25-12-5-2-6-13-25/h8-9,15,23H,2-7,10-14H2,1H3. The van der Waals surface area contributed by atoms with Crippen LogP contribution >= 0.6 is 11.6 Å². The molecule has 4 rings (SSSR count). The Morgan fingerprint density at radius 1 is 1.15 bits per heavy atom. The van der Waals surface area contributed by atoms with E-state index in [1.807, 2.05) is 22.9 Å². The maximum Gasteiger partial charge on any atom is 0.144 e. The summed E-state index contributed by atoms with van der Waals surface area (Å²) >= 11 is 6.28. The van der Waals surface area contributed by atoms with Gasteiger partial charge in [0.15, 0.2) is 0 Å². The van der Waals surface area contributed by atoms with Gasteiger partial charge in [-0.15, -0.1) is 0 Å². The SMILES string of the molecule is COc1ccc(Cl)cc1-n1nc(CCN2CCCCC2)c2c1NCCCC2. The molecule has 6 heteroatoms. The second-order valence-corrected chi connectivity index (χ2v) is 7.97.